The third-order valence-corrected chi connectivity index (χ3v) is 6.92. The van der Waals surface area contributed by atoms with E-state index < -0.39 is 0 Å². The molecule has 192 valence electrons. The zero-order valence-corrected chi connectivity index (χ0v) is 22.6. The van der Waals surface area contributed by atoms with Crippen LogP contribution in [0.4, 0.5) is 5.69 Å². The lowest BCUT2D eigenvalue weighted by Gasteiger charge is -2.39. The van der Waals surface area contributed by atoms with Crippen LogP contribution in [-0.2, 0) is 11.2 Å². The molecule has 0 N–H and O–H groups in total. The molecule has 0 amide bonds. The molecule has 3 aromatic carbocycles. The fraction of sp³-hybridized carbons (Fsp3) is 0.345. The van der Waals surface area contributed by atoms with Gasteiger partial charge in [-0.3, -0.25) is 0 Å². The average molecular weight is 509 g/mol. The number of rotatable bonds is 8. The number of carbonyl (C=O) groups is 1. The molecule has 0 spiro atoms. The van der Waals surface area contributed by atoms with Gasteiger partial charge in [-0.15, -0.1) is 0 Å². The van der Waals surface area contributed by atoms with Crippen LogP contribution in [0.3, 0.4) is 0 Å². The highest BCUT2D eigenvalue weighted by Gasteiger charge is 2.20. The first-order valence-corrected chi connectivity index (χ1v) is 12.8. The number of aldehydes is 1. The Kier molecular flexibility index (Phi) is 10.5. The van der Waals surface area contributed by atoms with Crippen molar-refractivity contribution in [3.63, 3.8) is 0 Å². The highest BCUT2D eigenvalue weighted by Crippen LogP contribution is 2.28. The van der Waals surface area contributed by atoms with E-state index in [0.717, 1.165) is 42.1 Å². The molecule has 7 heteroatoms. The molecule has 1 atom stereocenters. The number of hydrogen-bond acceptors (Lipinski definition) is 7. The quantitative estimate of drug-likeness (QED) is 0.287. The Balaban J connectivity index is 0.000000236. The molecule has 4 rings (SSSR count). The molecule has 1 aliphatic heterocycles. The van der Waals surface area contributed by atoms with E-state index in [-0.39, 0.29) is 0 Å². The van der Waals surface area contributed by atoms with Crippen molar-refractivity contribution in [3.05, 3.63) is 77.9 Å². The van der Waals surface area contributed by atoms with Gasteiger partial charge in [-0.1, -0.05) is 23.8 Å². The summed E-state index contributed by atoms with van der Waals surface area (Å²) in [5.41, 5.74) is 3.46. The standard InChI is InChI=1S/C19H24N2OS.C10H12O3/c1-15-4-10-19(11-5-15)23-22-18-8-6-17(7-9-18)21-13-12-20(3)16(2)14-21;1-12-9-4-3-8(5-6-11)7-10(9)13-2/h4-11,16H,12-14H2,1-3H3;3-4,6-7H,5H2,1-2H3. The van der Waals surface area contributed by atoms with Crippen molar-refractivity contribution in [2.24, 2.45) is 0 Å². The second-order valence-electron chi connectivity index (χ2n) is 8.81. The molecule has 1 heterocycles. The van der Waals surface area contributed by atoms with Crippen LogP contribution >= 0.6 is 12.0 Å². The van der Waals surface area contributed by atoms with Crippen molar-refractivity contribution < 1.29 is 18.5 Å². The molecule has 36 heavy (non-hydrogen) atoms. The molecule has 1 saturated heterocycles. The molecule has 3 aromatic rings. The van der Waals surface area contributed by atoms with Crippen LogP contribution in [0, 0.1) is 6.92 Å². The lowest BCUT2D eigenvalue weighted by Crippen LogP contribution is -2.50. The van der Waals surface area contributed by atoms with Crippen molar-refractivity contribution in [1.29, 1.82) is 0 Å². The van der Waals surface area contributed by atoms with Gasteiger partial charge in [0.1, 0.15) is 12.0 Å². The van der Waals surface area contributed by atoms with Crippen molar-refractivity contribution in [2.45, 2.75) is 31.2 Å². The highest BCUT2D eigenvalue weighted by molar-refractivity contribution is 7.95. The first kappa shape index (κ1) is 27.4. The lowest BCUT2D eigenvalue weighted by molar-refractivity contribution is -0.107. The van der Waals surface area contributed by atoms with Crippen LogP contribution < -0.4 is 18.6 Å². The highest BCUT2D eigenvalue weighted by atomic mass is 32.2. The Morgan fingerprint density at radius 2 is 1.64 bits per heavy atom. The van der Waals surface area contributed by atoms with E-state index in [1.807, 2.05) is 6.07 Å². The fourth-order valence-electron chi connectivity index (χ4n) is 3.79. The summed E-state index contributed by atoms with van der Waals surface area (Å²) >= 11 is 1.40. The van der Waals surface area contributed by atoms with Crippen molar-refractivity contribution >= 4 is 24.0 Å². The van der Waals surface area contributed by atoms with E-state index in [9.17, 15) is 4.79 Å². The number of benzene rings is 3. The second kappa shape index (κ2) is 13.8. The van der Waals surface area contributed by atoms with Gasteiger partial charge in [0.05, 0.1) is 26.3 Å². The number of hydrogen-bond donors (Lipinski definition) is 0. The predicted molar refractivity (Wildman–Crippen MR) is 148 cm³/mol. The zero-order valence-electron chi connectivity index (χ0n) is 21.8. The summed E-state index contributed by atoms with van der Waals surface area (Å²) in [5.74, 6) is 2.22. The number of likely N-dealkylation sites (N-methyl/N-ethyl adjacent to an activating group) is 1. The zero-order chi connectivity index (χ0) is 25.9. The summed E-state index contributed by atoms with van der Waals surface area (Å²) in [6.45, 7) is 7.64. The summed E-state index contributed by atoms with van der Waals surface area (Å²) in [4.78, 5) is 16.2. The normalized spacial score (nSPS) is 15.5. The Morgan fingerprint density at radius 3 is 2.25 bits per heavy atom. The number of ether oxygens (including phenoxy) is 2. The molecule has 1 unspecified atom stereocenters. The van der Waals surface area contributed by atoms with Gasteiger partial charge in [-0.05, 0) is 75.0 Å². The van der Waals surface area contributed by atoms with Crippen LogP contribution in [0.2, 0.25) is 0 Å². The van der Waals surface area contributed by atoms with E-state index in [2.05, 4.69) is 79.2 Å². The predicted octanol–water partition coefficient (Wildman–Crippen LogP) is 5.67. The van der Waals surface area contributed by atoms with Gasteiger partial charge in [0.15, 0.2) is 11.5 Å². The number of methoxy groups -OCH3 is 2. The molecule has 6 nitrogen and oxygen atoms in total. The SMILES string of the molecule is COc1ccc(CC=O)cc1OC.Cc1ccc(SOc2ccc(N3CCN(C)C(C)C3)cc2)cc1. The van der Waals surface area contributed by atoms with Gasteiger partial charge in [0, 0.05) is 42.7 Å². The van der Waals surface area contributed by atoms with Crippen molar-refractivity contribution in [2.75, 3.05) is 45.8 Å². The van der Waals surface area contributed by atoms with Crippen LogP contribution in [0.25, 0.3) is 0 Å². The van der Waals surface area contributed by atoms with Gasteiger partial charge < -0.3 is 28.3 Å². The van der Waals surface area contributed by atoms with Crippen LogP contribution in [0.15, 0.2) is 71.6 Å². The molecule has 0 saturated carbocycles. The molecule has 0 aromatic heterocycles. The summed E-state index contributed by atoms with van der Waals surface area (Å²) in [7, 11) is 5.35. The number of anilines is 1. The topological polar surface area (TPSA) is 51.2 Å². The van der Waals surface area contributed by atoms with Gasteiger partial charge in [0.2, 0.25) is 0 Å². The minimum absolute atomic E-state index is 0.403. The van der Waals surface area contributed by atoms with Crippen molar-refractivity contribution in [3.8, 4) is 17.2 Å². The van der Waals surface area contributed by atoms with Crippen LogP contribution in [-0.4, -0.2) is 58.1 Å². The van der Waals surface area contributed by atoms with Crippen molar-refractivity contribution in [1.82, 2.24) is 4.90 Å². The van der Waals surface area contributed by atoms with E-state index in [0.29, 0.717) is 24.0 Å². The van der Waals surface area contributed by atoms with Gasteiger partial charge >= 0.3 is 0 Å². The molecule has 0 aliphatic carbocycles. The first-order valence-electron chi connectivity index (χ1n) is 12.0. The second-order valence-corrected chi connectivity index (χ2v) is 9.61. The third-order valence-electron chi connectivity index (χ3n) is 6.18. The number of piperazine rings is 1. The molecular weight excluding hydrogens is 472 g/mol. The molecule has 0 radical (unpaired) electrons. The smallest absolute Gasteiger partial charge is 0.161 e. The summed E-state index contributed by atoms with van der Waals surface area (Å²) in [5, 5.41) is 0. The Bertz CT molecular complexity index is 1090. The summed E-state index contributed by atoms with van der Waals surface area (Å²) in [6, 6.07) is 22.8. The minimum Gasteiger partial charge on any atom is -0.493 e. The monoisotopic (exact) mass is 508 g/mol. The third kappa shape index (κ3) is 7.93. The molecule has 0 bridgehead atoms. The Hall–Kier alpha value is -3.16. The van der Waals surface area contributed by atoms with E-state index in [1.54, 1.807) is 26.4 Å². The van der Waals surface area contributed by atoms with Crippen LogP contribution in [0.1, 0.15) is 18.1 Å². The first-order chi connectivity index (χ1) is 17.4. The summed E-state index contributed by atoms with van der Waals surface area (Å²) < 4.78 is 15.9. The number of nitrogens with zero attached hydrogens (tertiary/aromatic N) is 2. The maximum absolute atomic E-state index is 10.3. The maximum atomic E-state index is 10.3. The number of aryl methyl sites for hydroxylation is 1. The largest absolute Gasteiger partial charge is 0.493 e. The fourth-order valence-corrected chi connectivity index (χ4v) is 4.34. The average Bonchev–Trinajstić information content (AvgIpc) is 2.91. The lowest BCUT2D eigenvalue weighted by atomic mass is 10.1. The Morgan fingerprint density at radius 1 is 0.944 bits per heavy atom. The van der Waals surface area contributed by atoms with E-state index in [1.165, 1.54) is 23.3 Å². The maximum Gasteiger partial charge on any atom is 0.161 e. The molecular formula is C29H36N2O4S. The molecule has 1 aliphatic rings. The number of carbonyl (C=O) groups excluding carboxylic acids is 1. The minimum atomic E-state index is 0.403. The molecule has 1 fully saturated rings. The van der Waals surface area contributed by atoms with Gasteiger partial charge in [-0.25, -0.2) is 0 Å². The van der Waals surface area contributed by atoms with E-state index >= 15 is 0 Å². The van der Waals surface area contributed by atoms with Gasteiger partial charge in [0.25, 0.3) is 0 Å². The van der Waals surface area contributed by atoms with Crippen LogP contribution in [0.5, 0.6) is 17.2 Å². The Labute approximate surface area is 219 Å². The van der Waals surface area contributed by atoms with E-state index in [4.69, 9.17) is 13.7 Å². The summed E-state index contributed by atoms with van der Waals surface area (Å²) in [6.07, 6.45) is 1.27. The van der Waals surface area contributed by atoms with Gasteiger partial charge in [-0.2, -0.15) is 0 Å².